The van der Waals surface area contributed by atoms with E-state index in [0.29, 0.717) is 0 Å². The molecular weight excluding hydrogens is 835 g/mol. The third kappa shape index (κ3) is 11.5. The fourth-order valence-corrected chi connectivity index (χ4v) is 8.63. The molecule has 9 aromatic carbocycles. The summed E-state index contributed by atoms with van der Waals surface area (Å²) in [5, 5.41) is 0. The molecule has 0 saturated carbocycles. The van der Waals surface area contributed by atoms with Crippen molar-refractivity contribution in [1.82, 2.24) is 0 Å². The zero-order chi connectivity index (χ0) is 47.5. The number of benzene rings is 9. The quantitative estimate of drug-likeness (QED) is 0.0895. The molecule has 0 aliphatic heterocycles. The van der Waals surface area contributed by atoms with Gasteiger partial charge in [-0.25, -0.2) is 0 Å². The van der Waals surface area contributed by atoms with E-state index in [1.54, 1.807) is 0 Å². The maximum absolute atomic E-state index is 2.35. The van der Waals surface area contributed by atoms with Gasteiger partial charge in [0.25, 0.3) is 0 Å². The minimum Gasteiger partial charge on any atom is -0.311 e. The highest BCUT2D eigenvalue weighted by molar-refractivity contribution is 5.82. The van der Waals surface area contributed by atoms with E-state index in [0.717, 1.165) is 79.9 Å². The average Bonchev–Trinajstić information content (AvgIpc) is 3.39. The number of hydrogen-bond donors (Lipinski definition) is 0. The van der Waals surface area contributed by atoms with Crippen molar-refractivity contribution in [2.24, 2.45) is 0 Å². The van der Waals surface area contributed by atoms with Gasteiger partial charge in [-0.1, -0.05) is 169 Å². The summed E-state index contributed by atoms with van der Waals surface area (Å²) in [5.41, 5.74) is 21.1. The zero-order valence-corrected chi connectivity index (χ0v) is 40.6. The molecule has 0 heterocycles. The Morgan fingerprint density at radius 1 is 0.261 bits per heavy atom. The van der Waals surface area contributed by atoms with Crippen LogP contribution >= 0.6 is 0 Å². The minimum absolute atomic E-state index is 1.10. The third-order valence-electron chi connectivity index (χ3n) is 12.7. The second-order valence-corrected chi connectivity index (χ2v) is 18.2. The molecule has 0 atom stereocenters. The molecule has 0 radical (unpaired) electrons. The molecule has 0 aromatic heterocycles. The Hall–Kier alpha value is -8.14. The average molecular weight is 896 g/mol. The second-order valence-electron chi connectivity index (χ2n) is 18.2. The lowest BCUT2D eigenvalue weighted by Crippen LogP contribution is -2.10. The Morgan fingerprint density at radius 2 is 0.449 bits per heavy atom. The second kappa shape index (κ2) is 21.7. The van der Waals surface area contributed by atoms with E-state index in [-0.39, 0.29) is 0 Å². The van der Waals surface area contributed by atoms with Crippen molar-refractivity contribution in [2.45, 2.75) is 53.9 Å². The topological polar surface area (TPSA) is 9.72 Å². The van der Waals surface area contributed by atoms with Crippen LogP contribution in [0.1, 0.15) is 69.8 Å². The van der Waals surface area contributed by atoms with Gasteiger partial charge in [0.2, 0.25) is 0 Å². The van der Waals surface area contributed by atoms with Crippen molar-refractivity contribution >= 4 is 75.5 Å². The lowest BCUT2D eigenvalue weighted by Gasteiger charge is -2.26. The number of aryl methyl sites for hydroxylation is 5. The van der Waals surface area contributed by atoms with Crippen LogP contribution in [0.15, 0.2) is 218 Å². The van der Waals surface area contributed by atoms with Gasteiger partial charge in [0.15, 0.2) is 0 Å². The van der Waals surface area contributed by atoms with Gasteiger partial charge < -0.3 is 14.7 Å². The van der Waals surface area contributed by atoms with Crippen molar-refractivity contribution < 1.29 is 0 Å². The maximum Gasteiger partial charge on any atom is 0.0462 e. The van der Waals surface area contributed by atoms with Crippen molar-refractivity contribution in [3.63, 3.8) is 0 Å². The van der Waals surface area contributed by atoms with Gasteiger partial charge in [-0.15, -0.1) is 0 Å². The van der Waals surface area contributed by atoms with Gasteiger partial charge in [-0.05, 0) is 178 Å². The summed E-state index contributed by atoms with van der Waals surface area (Å²) in [6.07, 6.45) is 12.3. The minimum atomic E-state index is 1.10. The standard InChI is InChI=1S/C66H61N3/c1-6-7-8-53-21-39-62(40-22-53)69(65-45-27-56(28-46-65)19-17-54-23-41-63(42-24-54)67(58-31-9-49(2)10-32-58)59-33-11-50(3)12-34-59)66-47-29-57(30-48-66)20-18-55-25-43-64(44-26-55)68(60-35-13-51(4)14-36-60)61-37-15-52(5)16-38-61/h9-48H,6-8H2,1-5H3. The summed E-state index contributed by atoms with van der Waals surface area (Å²) >= 11 is 0. The van der Waals surface area contributed by atoms with Crippen LogP contribution in [0.25, 0.3) is 24.3 Å². The zero-order valence-electron chi connectivity index (χ0n) is 40.6. The molecule has 0 unspecified atom stereocenters. The van der Waals surface area contributed by atoms with E-state index in [4.69, 9.17) is 0 Å². The molecule has 0 spiro atoms. The van der Waals surface area contributed by atoms with Crippen molar-refractivity contribution in [3.8, 4) is 0 Å². The SMILES string of the molecule is CCCCc1ccc(N(c2ccc(C=Cc3ccc(N(c4ccc(C)cc4)c4ccc(C)cc4)cc3)cc2)c2ccc(C=Cc3ccc(N(c4ccc(C)cc4)c4ccc(C)cc4)cc3)cc2)cc1. The van der Waals surface area contributed by atoms with Crippen LogP contribution in [-0.4, -0.2) is 0 Å². The first-order valence-electron chi connectivity index (χ1n) is 24.3. The number of hydrogen-bond acceptors (Lipinski definition) is 3. The van der Waals surface area contributed by atoms with Crippen LogP contribution in [0, 0.1) is 27.7 Å². The molecule has 0 amide bonds. The van der Waals surface area contributed by atoms with Crippen molar-refractivity contribution in [2.75, 3.05) is 14.7 Å². The Kier molecular flexibility index (Phi) is 14.4. The molecule has 340 valence electrons. The van der Waals surface area contributed by atoms with E-state index < -0.39 is 0 Å². The highest BCUT2D eigenvalue weighted by Gasteiger charge is 2.15. The lowest BCUT2D eigenvalue weighted by molar-refractivity contribution is 0.795. The van der Waals surface area contributed by atoms with Gasteiger partial charge in [-0.2, -0.15) is 0 Å². The normalized spacial score (nSPS) is 11.3. The number of nitrogens with zero attached hydrogens (tertiary/aromatic N) is 3. The van der Waals surface area contributed by atoms with Crippen molar-refractivity contribution in [1.29, 1.82) is 0 Å². The largest absolute Gasteiger partial charge is 0.311 e. The van der Waals surface area contributed by atoms with Gasteiger partial charge in [-0.3, -0.25) is 0 Å². The van der Waals surface area contributed by atoms with Gasteiger partial charge in [0.1, 0.15) is 0 Å². The Bertz CT molecular complexity index is 2810. The van der Waals surface area contributed by atoms with Gasteiger partial charge in [0.05, 0.1) is 0 Å². The van der Waals surface area contributed by atoms with Gasteiger partial charge >= 0.3 is 0 Å². The van der Waals surface area contributed by atoms with Crippen LogP contribution in [0.5, 0.6) is 0 Å². The van der Waals surface area contributed by atoms with Crippen molar-refractivity contribution in [3.05, 3.63) is 268 Å². The van der Waals surface area contributed by atoms with Gasteiger partial charge in [0, 0.05) is 51.2 Å². The smallest absolute Gasteiger partial charge is 0.0462 e. The van der Waals surface area contributed by atoms with E-state index in [1.807, 2.05) is 0 Å². The first-order valence-corrected chi connectivity index (χ1v) is 24.3. The Labute approximate surface area is 410 Å². The van der Waals surface area contributed by atoms with E-state index >= 15 is 0 Å². The van der Waals surface area contributed by atoms with Crippen LogP contribution in [0.2, 0.25) is 0 Å². The third-order valence-corrected chi connectivity index (χ3v) is 12.7. The summed E-state index contributed by atoms with van der Waals surface area (Å²) in [5.74, 6) is 0. The summed E-state index contributed by atoms with van der Waals surface area (Å²) in [7, 11) is 0. The van der Waals surface area contributed by atoms with Crippen LogP contribution in [-0.2, 0) is 6.42 Å². The summed E-state index contributed by atoms with van der Waals surface area (Å²) < 4.78 is 0. The van der Waals surface area contributed by atoms with Crippen LogP contribution in [0.3, 0.4) is 0 Å². The number of anilines is 9. The molecular formula is C66H61N3. The molecule has 0 saturated heterocycles. The number of unbranched alkanes of at least 4 members (excludes halogenated alkanes) is 1. The Balaban J connectivity index is 0.922. The highest BCUT2D eigenvalue weighted by Crippen LogP contribution is 2.38. The number of rotatable bonds is 16. The predicted molar refractivity (Wildman–Crippen MR) is 299 cm³/mol. The summed E-state index contributed by atoms with van der Waals surface area (Å²) in [4.78, 5) is 6.98. The van der Waals surface area contributed by atoms with Crippen LogP contribution < -0.4 is 14.7 Å². The molecule has 3 heteroatoms. The van der Waals surface area contributed by atoms with E-state index in [9.17, 15) is 0 Å². The monoisotopic (exact) mass is 895 g/mol. The van der Waals surface area contributed by atoms with E-state index in [1.165, 1.54) is 40.7 Å². The molecule has 9 rings (SSSR count). The molecule has 0 bridgehead atoms. The molecule has 9 aromatic rings. The molecule has 0 aliphatic carbocycles. The molecule has 0 fully saturated rings. The first-order chi connectivity index (χ1) is 33.8. The van der Waals surface area contributed by atoms with Crippen LogP contribution in [0.4, 0.5) is 51.2 Å². The fraction of sp³-hybridized carbons (Fsp3) is 0.121. The first kappa shape index (κ1) is 46.0. The molecule has 69 heavy (non-hydrogen) atoms. The van der Waals surface area contributed by atoms with E-state index in [2.05, 4.69) is 292 Å². The molecule has 3 nitrogen and oxygen atoms in total. The maximum atomic E-state index is 2.35. The predicted octanol–water partition coefficient (Wildman–Crippen LogP) is 19.0. The highest BCUT2D eigenvalue weighted by atomic mass is 15.2. The summed E-state index contributed by atoms with van der Waals surface area (Å²) in [6.45, 7) is 10.8. The fourth-order valence-electron chi connectivity index (χ4n) is 8.63. The Morgan fingerprint density at radius 3 is 0.652 bits per heavy atom. The summed E-state index contributed by atoms with van der Waals surface area (Å²) in [6, 6.07) is 79.4. The molecule has 0 aliphatic rings. The molecule has 0 N–H and O–H groups in total. The lowest BCUT2D eigenvalue weighted by atomic mass is 10.1.